The van der Waals surface area contributed by atoms with E-state index in [9.17, 15) is 4.79 Å². The molecule has 182 valence electrons. The molecule has 0 saturated carbocycles. The number of nitrogens with two attached hydrogens (primary N) is 1. The minimum atomic E-state index is -0.582. The molecule has 0 aromatic carbocycles. The molecular weight excluding hydrogens is 416 g/mol. The average molecular weight is 457 g/mol. The minimum Gasteiger partial charge on any atom is -0.385 e. The Balaban J connectivity index is 1.79. The smallest absolute Gasteiger partial charge is 0.246 e. The van der Waals surface area contributed by atoms with Gasteiger partial charge in [0.25, 0.3) is 0 Å². The summed E-state index contributed by atoms with van der Waals surface area (Å²) in [5.41, 5.74) is 7.65. The van der Waals surface area contributed by atoms with Crippen molar-refractivity contribution in [3.05, 3.63) is 36.1 Å². The fourth-order valence-electron chi connectivity index (χ4n) is 4.45. The van der Waals surface area contributed by atoms with Gasteiger partial charge in [0.05, 0.1) is 0 Å². The van der Waals surface area contributed by atoms with E-state index in [0.717, 1.165) is 32.2 Å². The van der Waals surface area contributed by atoms with Gasteiger partial charge in [-0.05, 0) is 51.1 Å². The Morgan fingerprint density at radius 3 is 2.88 bits per heavy atom. The molecule has 1 aliphatic carbocycles. The molecule has 0 radical (unpaired) electrons. The van der Waals surface area contributed by atoms with E-state index in [4.69, 9.17) is 15.5 Å². The lowest BCUT2D eigenvalue weighted by Gasteiger charge is -2.29. The first-order valence-electron chi connectivity index (χ1n) is 12.3. The minimum absolute atomic E-state index is 0.209. The molecule has 3 N–H and O–H groups in total. The zero-order chi connectivity index (χ0) is 23.5. The normalized spacial score (nSPS) is 25.8. The molecule has 2 aliphatic heterocycles. The summed E-state index contributed by atoms with van der Waals surface area (Å²) in [6.07, 6.45) is 17.0. The number of amidine groups is 2. The molecule has 33 heavy (non-hydrogen) atoms. The lowest BCUT2D eigenvalue weighted by atomic mass is 10.0. The predicted molar refractivity (Wildman–Crippen MR) is 134 cm³/mol. The first-order chi connectivity index (χ1) is 16.1. The van der Waals surface area contributed by atoms with Crippen molar-refractivity contribution in [2.45, 2.75) is 51.5 Å². The van der Waals surface area contributed by atoms with Gasteiger partial charge in [-0.15, -0.1) is 0 Å². The quantitative estimate of drug-likeness (QED) is 0.228. The van der Waals surface area contributed by atoms with Crippen molar-refractivity contribution in [2.75, 3.05) is 46.6 Å². The molecule has 2 atom stereocenters. The molecule has 1 saturated heterocycles. The van der Waals surface area contributed by atoms with Gasteiger partial charge in [-0.1, -0.05) is 37.1 Å². The van der Waals surface area contributed by atoms with Crippen LogP contribution in [0.5, 0.6) is 0 Å². The van der Waals surface area contributed by atoms with Gasteiger partial charge in [-0.25, -0.2) is 4.99 Å². The molecule has 8 nitrogen and oxygen atoms in total. The van der Waals surface area contributed by atoms with Gasteiger partial charge >= 0.3 is 0 Å². The Labute approximate surface area is 198 Å². The number of ether oxygens (including phenoxy) is 1. The van der Waals surface area contributed by atoms with Crippen molar-refractivity contribution in [3.63, 3.8) is 0 Å². The summed E-state index contributed by atoms with van der Waals surface area (Å²) in [5.74, 6) is 1.10. The average Bonchev–Trinajstić information content (AvgIpc) is 3.15. The van der Waals surface area contributed by atoms with Crippen LogP contribution < -0.4 is 11.1 Å². The van der Waals surface area contributed by atoms with Crippen LogP contribution in [0.3, 0.4) is 0 Å². The van der Waals surface area contributed by atoms with E-state index in [1.54, 1.807) is 7.05 Å². The third kappa shape index (κ3) is 7.82. The lowest BCUT2D eigenvalue weighted by Crippen LogP contribution is -2.53. The topological polar surface area (TPSA) is 95.5 Å². The van der Waals surface area contributed by atoms with Crippen molar-refractivity contribution in [2.24, 2.45) is 21.6 Å². The molecule has 1 amide bonds. The number of unbranched alkanes of at least 4 members (excludes halogenated alkanes) is 1. The van der Waals surface area contributed by atoms with Crippen LogP contribution in [0.25, 0.3) is 0 Å². The molecule has 1 fully saturated rings. The van der Waals surface area contributed by atoms with Crippen LogP contribution >= 0.6 is 0 Å². The SMILES string of the molecule is CCCCOCN=C1C(C(N)=NC)NC(=O)C=CN1CC1C=C(CN2CCCC2)CC=CC1. The van der Waals surface area contributed by atoms with E-state index in [0.29, 0.717) is 30.7 Å². The Morgan fingerprint density at radius 2 is 2.12 bits per heavy atom. The first kappa shape index (κ1) is 25.2. The van der Waals surface area contributed by atoms with Gasteiger partial charge in [0.15, 0.2) is 0 Å². The summed E-state index contributed by atoms with van der Waals surface area (Å²) in [6.45, 7) is 7.16. The van der Waals surface area contributed by atoms with E-state index in [1.165, 1.54) is 37.6 Å². The number of carbonyl (C=O) groups is 1. The Kier molecular flexibility index (Phi) is 10.2. The largest absolute Gasteiger partial charge is 0.385 e. The number of amides is 1. The van der Waals surface area contributed by atoms with Crippen molar-refractivity contribution < 1.29 is 9.53 Å². The number of nitrogens with one attached hydrogen (secondary N) is 1. The standard InChI is InChI=1S/C25H40N6O2/c1-3-4-15-33-19-28-25-23(24(26)27-2)29-22(32)11-14-31(25)18-21-10-6-5-9-20(16-21)17-30-12-7-8-13-30/h5-6,11,14,16,21,23H,3-4,7-10,12-13,15,17-19H2,1-2H3,(H2,26,27)(H,29,32). The van der Waals surface area contributed by atoms with Gasteiger partial charge in [0, 0.05) is 39.0 Å². The molecule has 0 aromatic heterocycles. The maximum atomic E-state index is 12.4. The maximum absolute atomic E-state index is 12.4. The summed E-state index contributed by atoms with van der Waals surface area (Å²) in [6, 6.07) is -0.582. The van der Waals surface area contributed by atoms with Crippen molar-refractivity contribution in [3.8, 4) is 0 Å². The molecular formula is C25H40N6O2. The maximum Gasteiger partial charge on any atom is 0.246 e. The number of aliphatic imine (C=N–C) groups is 2. The Morgan fingerprint density at radius 1 is 1.30 bits per heavy atom. The van der Waals surface area contributed by atoms with Crippen LogP contribution in [0.15, 0.2) is 46.1 Å². The van der Waals surface area contributed by atoms with E-state index < -0.39 is 6.04 Å². The zero-order valence-corrected chi connectivity index (χ0v) is 20.2. The molecule has 0 bridgehead atoms. The number of nitrogens with zero attached hydrogens (tertiary/aromatic N) is 4. The van der Waals surface area contributed by atoms with Crippen LogP contribution in [0.4, 0.5) is 0 Å². The number of likely N-dealkylation sites (tertiary alicyclic amines) is 1. The first-order valence-corrected chi connectivity index (χ1v) is 12.3. The summed E-state index contributed by atoms with van der Waals surface area (Å²) >= 11 is 0. The highest BCUT2D eigenvalue weighted by Crippen LogP contribution is 2.22. The van der Waals surface area contributed by atoms with E-state index in [-0.39, 0.29) is 12.6 Å². The molecule has 8 heteroatoms. The summed E-state index contributed by atoms with van der Waals surface area (Å²) in [5, 5.41) is 2.92. The van der Waals surface area contributed by atoms with Crippen LogP contribution in [-0.4, -0.2) is 80.0 Å². The van der Waals surface area contributed by atoms with Gasteiger partial charge in [0.1, 0.15) is 24.4 Å². The second kappa shape index (κ2) is 13.3. The second-order valence-corrected chi connectivity index (χ2v) is 8.94. The predicted octanol–water partition coefficient (Wildman–Crippen LogP) is 2.45. The summed E-state index contributed by atoms with van der Waals surface area (Å²) in [7, 11) is 1.63. The summed E-state index contributed by atoms with van der Waals surface area (Å²) in [4.78, 5) is 25.8. The highest BCUT2D eigenvalue weighted by molar-refractivity contribution is 6.13. The molecule has 2 unspecified atom stereocenters. The van der Waals surface area contributed by atoms with Crippen LogP contribution in [0.2, 0.25) is 0 Å². The molecule has 3 aliphatic rings. The third-order valence-corrected chi connectivity index (χ3v) is 6.27. The number of allylic oxidation sites excluding steroid dienone is 2. The summed E-state index contributed by atoms with van der Waals surface area (Å²) < 4.78 is 5.70. The second-order valence-electron chi connectivity index (χ2n) is 8.94. The van der Waals surface area contributed by atoms with Gasteiger partial charge in [-0.3, -0.25) is 14.7 Å². The zero-order valence-electron chi connectivity index (χ0n) is 20.2. The van der Waals surface area contributed by atoms with Gasteiger partial charge in [-0.2, -0.15) is 0 Å². The number of carbonyl (C=O) groups excluding carboxylic acids is 1. The van der Waals surface area contributed by atoms with E-state index >= 15 is 0 Å². The highest BCUT2D eigenvalue weighted by atomic mass is 16.5. The van der Waals surface area contributed by atoms with Crippen LogP contribution in [0.1, 0.15) is 45.4 Å². The van der Waals surface area contributed by atoms with Crippen molar-refractivity contribution >= 4 is 17.6 Å². The van der Waals surface area contributed by atoms with Crippen molar-refractivity contribution in [1.29, 1.82) is 0 Å². The monoisotopic (exact) mass is 456 g/mol. The van der Waals surface area contributed by atoms with Crippen LogP contribution in [0, 0.1) is 5.92 Å². The highest BCUT2D eigenvalue weighted by Gasteiger charge is 2.29. The molecule has 0 spiro atoms. The van der Waals surface area contributed by atoms with Gasteiger partial charge in [0.2, 0.25) is 5.91 Å². The van der Waals surface area contributed by atoms with E-state index in [2.05, 4.69) is 40.4 Å². The Bertz CT molecular complexity index is 795. The molecule has 0 aromatic rings. The van der Waals surface area contributed by atoms with E-state index in [1.807, 2.05) is 11.1 Å². The number of rotatable bonds is 10. The fourth-order valence-corrected chi connectivity index (χ4v) is 4.45. The molecule has 2 heterocycles. The third-order valence-electron chi connectivity index (χ3n) is 6.27. The Hall–Kier alpha value is -2.45. The van der Waals surface area contributed by atoms with Crippen LogP contribution in [-0.2, 0) is 9.53 Å². The molecule has 3 rings (SSSR count). The number of hydrogen-bond acceptors (Lipinski definition) is 5. The number of hydrogen-bond donors (Lipinski definition) is 2. The fraction of sp³-hybridized carbons (Fsp3) is 0.640. The van der Waals surface area contributed by atoms with Crippen molar-refractivity contribution in [1.82, 2.24) is 15.1 Å². The lowest BCUT2D eigenvalue weighted by molar-refractivity contribution is -0.116. The van der Waals surface area contributed by atoms with Gasteiger partial charge < -0.3 is 20.7 Å².